The van der Waals surface area contributed by atoms with Crippen molar-refractivity contribution >= 4 is 41.8 Å². The number of cyclic esters (lactones) is 1. The van der Waals surface area contributed by atoms with Gasteiger partial charge in [-0.15, -0.1) is 0 Å². The molecule has 316 valence electrons. The Bertz CT molecular complexity index is 2010. The van der Waals surface area contributed by atoms with Crippen molar-refractivity contribution < 1.29 is 90.5 Å². The fourth-order valence-corrected chi connectivity index (χ4v) is 13.3. The molecule has 1 aromatic heterocycles. The van der Waals surface area contributed by atoms with E-state index in [0.717, 1.165) is 41.7 Å². The van der Waals surface area contributed by atoms with E-state index in [0.29, 0.717) is 0 Å². The largest absolute Gasteiger partial charge is 0.472 e. The molecule has 7 aliphatic rings. The van der Waals surface area contributed by atoms with Gasteiger partial charge in [0.1, 0.15) is 24.4 Å². The number of rotatable bonds is 9. The van der Waals surface area contributed by atoms with Gasteiger partial charge in [0, 0.05) is 64.9 Å². The summed E-state index contributed by atoms with van der Waals surface area (Å²) in [6.45, 7) is 9.32. The van der Waals surface area contributed by atoms with Crippen molar-refractivity contribution in [3.63, 3.8) is 0 Å². The van der Waals surface area contributed by atoms with E-state index in [2.05, 4.69) is 0 Å². The molecule has 7 fully saturated rings. The fraction of sp³-hybridized carbons (Fsp3) is 0.718. The van der Waals surface area contributed by atoms with Crippen LogP contribution in [0.5, 0.6) is 0 Å². The Morgan fingerprint density at radius 2 is 1.45 bits per heavy atom. The number of methoxy groups -OCH3 is 1. The van der Waals surface area contributed by atoms with Crippen LogP contribution in [0.3, 0.4) is 0 Å². The van der Waals surface area contributed by atoms with Gasteiger partial charge in [0.05, 0.1) is 36.9 Å². The molecule has 4 bridgehead atoms. The molecule has 4 heterocycles. The molecule has 0 radical (unpaired) electrons. The minimum Gasteiger partial charge on any atom is -0.472 e. The van der Waals surface area contributed by atoms with E-state index in [1.54, 1.807) is 13.8 Å². The average molecular weight is 819 g/mol. The zero-order valence-electron chi connectivity index (χ0n) is 33.4. The Hall–Kier alpha value is -4.59. The molecule has 8 rings (SSSR count). The molecule has 1 N–H and O–H groups in total. The SMILES string of the molecule is COC(=O)C[C@H]1[C@]2(C)C[C@@]34OC5(C)O[C@]6([C@@H]7CC(=O)O[C@@H](c8ccoc8)[C@]7(C)[C@@H](OC(C)=O)[C@@H](OC(C)=O)[C@]6(O5)[C@]13COC(C)=O)[C@H](OC(C)=O)[C@@]4(O)[C@H]2OC(C)=O. The molecule has 15 atom stereocenters. The van der Waals surface area contributed by atoms with Crippen molar-refractivity contribution in [3.05, 3.63) is 24.2 Å². The van der Waals surface area contributed by atoms with Crippen molar-refractivity contribution in [1.82, 2.24) is 0 Å². The van der Waals surface area contributed by atoms with Gasteiger partial charge in [0.2, 0.25) is 0 Å². The summed E-state index contributed by atoms with van der Waals surface area (Å²) in [5.74, 6) is -11.1. The molecule has 3 aliphatic heterocycles. The van der Waals surface area contributed by atoms with Crippen LogP contribution in [-0.4, -0.2) is 113 Å². The second kappa shape index (κ2) is 12.2. The minimum absolute atomic E-state index is 0.275. The number of carbonyl (C=O) groups excluding carboxylic acids is 7. The highest BCUT2D eigenvalue weighted by Gasteiger charge is 3.07. The third-order valence-electron chi connectivity index (χ3n) is 14.3. The van der Waals surface area contributed by atoms with Crippen LogP contribution in [0.15, 0.2) is 23.0 Å². The molecular weight excluding hydrogens is 772 g/mol. The van der Waals surface area contributed by atoms with E-state index in [9.17, 15) is 38.7 Å². The summed E-state index contributed by atoms with van der Waals surface area (Å²) in [4.78, 5) is 94.8. The quantitative estimate of drug-likeness (QED) is 0.274. The summed E-state index contributed by atoms with van der Waals surface area (Å²) >= 11 is 0. The second-order valence-corrected chi connectivity index (χ2v) is 17.2. The molecule has 2 spiro atoms. The molecule has 1 aromatic rings. The molecular formula is C39H46O19. The highest BCUT2D eigenvalue weighted by atomic mass is 16.9. The lowest BCUT2D eigenvalue weighted by molar-refractivity contribution is -0.497. The molecule has 4 saturated carbocycles. The number of esters is 7. The topological polar surface area (TPSA) is 245 Å². The van der Waals surface area contributed by atoms with Gasteiger partial charge in [-0.25, -0.2) is 0 Å². The third kappa shape index (κ3) is 4.39. The molecule has 0 amide bonds. The molecule has 19 nitrogen and oxygen atoms in total. The first kappa shape index (κ1) is 40.2. The second-order valence-electron chi connectivity index (χ2n) is 17.2. The molecule has 4 aliphatic carbocycles. The lowest BCUT2D eigenvalue weighted by atomic mass is 9.32. The summed E-state index contributed by atoms with van der Waals surface area (Å²) in [5.41, 5.74) is -15.1. The Kier molecular flexibility index (Phi) is 8.48. The van der Waals surface area contributed by atoms with Crippen molar-refractivity contribution in [3.8, 4) is 0 Å². The summed E-state index contributed by atoms with van der Waals surface area (Å²) in [7, 11) is 1.15. The van der Waals surface area contributed by atoms with E-state index in [1.807, 2.05) is 0 Å². The van der Waals surface area contributed by atoms with Gasteiger partial charge in [-0.05, 0) is 18.4 Å². The van der Waals surface area contributed by atoms with Crippen LogP contribution >= 0.6 is 0 Å². The standard InChI is InChI=1S/C39H46O19/c1-17(40)50-16-35-23(12-25(45)48-9)32(6)15-36(35)37(47,30(32)53-20(4)43)31(54-21(5)44)38-24-13-26(46)55-27(22-10-11-49-14-22)33(24,7)28(51-18(2)41)29(52-19(3)42)39(35,38)58-34(8,56-36)57-38/h10-11,14,23-24,27-31,47H,12-13,15-16H2,1-9H3/t23-,24+,27-,28-,29+,30-,31+,32-,33+,34?,35+,36+,37-,38+,39-/m0/s1. The lowest BCUT2D eigenvalue weighted by Crippen LogP contribution is -2.98. The van der Waals surface area contributed by atoms with Crippen LogP contribution in [0.1, 0.15) is 86.3 Å². The molecule has 19 heteroatoms. The van der Waals surface area contributed by atoms with E-state index < -0.39 is 148 Å². The molecule has 3 saturated heterocycles. The van der Waals surface area contributed by atoms with Gasteiger partial charge in [-0.3, -0.25) is 33.6 Å². The van der Waals surface area contributed by atoms with E-state index >= 15 is 0 Å². The van der Waals surface area contributed by atoms with E-state index in [4.69, 9.17) is 51.8 Å². The summed E-state index contributed by atoms with van der Waals surface area (Å²) < 4.78 is 68.9. The van der Waals surface area contributed by atoms with Gasteiger partial charge in [0.15, 0.2) is 35.1 Å². The van der Waals surface area contributed by atoms with Gasteiger partial charge in [0.25, 0.3) is 5.97 Å². The third-order valence-corrected chi connectivity index (χ3v) is 14.3. The lowest BCUT2D eigenvalue weighted by Gasteiger charge is -2.78. The summed E-state index contributed by atoms with van der Waals surface area (Å²) in [6, 6.07) is 1.51. The number of hydrogen-bond donors (Lipinski definition) is 1. The van der Waals surface area contributed by atoms with Crippen molar-refractivity contribution in [2.24, 2.45) is 28.1 Å². The highest BCUT2D eigenvalue weighted by Crippen LogP contribution is 2.90. The fourth-order valence-electron chi connectivity index (χ4n) is 13.3. The number of fused-ring (bicyclic) bond motifs is 3. The van der Waals surface area contributed by atoms with Gasteiger partial charge >= 0.3 is 41.8 Å². The van der Waals surface area contributed by atoms with E-state index in [1.165, 1.54) is 25.5 Å². The van der Waals surface area contributed by atoms with Crippen LogP contribution in [0.4, 0.5) is 0 Å². The number of furan rings is 1. The van der Waals surface area contributed by atoms with Crippen LogP contribution in [0, 0.1) is 28.1 Å². The Morgan fingerprint density at radius 3 is 2.02 bits per heavy atom. The predicted molar refractivity (Wildman–Crippen MR) is 183 cm³/mol. The zero-order valence-corrected chi connectivity index (χ0v) is 33.4. The summed E-state index contributed by atoms with van der Waals surface area (Å²) in [5, 5.41) is 14.1. The molecule has 0 aromatic carbocycles. The van der Waals surface area contributed by atoms with Crippen LogP contribution in [0.2, 0.25) is 0 Å². The number of aliphatic hydroxyl groups is 1. The van der Waals surface area contributed by atoms with Gasteiger partial charge in [-0.2, -0.15) is 0 Å². The first-order valence-electron chi connectivity index (χ1n) is 18.9. The van der Waals surface area contributed by atoms with Crippen molar-refractivity contribution in [2.75, 3.05) is 13.7 Å². The van der Waals surface area contributed by atoms with E-state index in [-0.39, 0.29) is 12.0 Å². The predicted octanol–water partition coefficient (Wildman–Crippen LogP) is 1.49. The smallest absolute Gasteiger partial charge is 0.306 e. The van der Waals surface area contributed by atoms with Crippen LogP contribution in [0.25, 0.3) is 0 Å². The maximum atomic E-state index is 14.2. The monoisotopic (exact) mass is 818 g/mol. The number of hydrogen-bond acceptors (Lipinski definition) is 19. The summed E-state index contributed by atoms with van der Waals surface area (Å²) in [6.07, 6.45) is -7.39. The highest BCUT2D eigenvalue weighted by molar-refractivity contribution is 5.76. The average Bonchev–Trinajstić information content (AvgIpc) is 3.82. The van der Waals surface area contributed by atoms with Crippen LogP contribution in [-0.2, 0) is 80.9 Å². The Morgan fingerprint density at radius 1 is 0.828 bits per heavy atom. The van der Waals surface area contributed by atoms with Gasteiger partial charge in [-0.1, -0.05) is 13.8 Å². The number of carbonyl (C=O) groups is 7. The van der Waals surface area contributed by atoms with Crippen molar-refractivity contribution in [2.45, 2.75) is 134 Å². The number of ether oxygens (including phenoxy) is 10. The van der Waals surface area contributed by atoms with Gasteiger partial charge < -0.3 is 56.9 Å². The zero-order chi connectivity index (χ0) is 42.4. The molecule has 58 heavy (non-hydrogen) atoms. The van der Waals surface area contributed by atoms with Crippen molar-refractivity contribution in [1.29, 1.82) is 0 Å². The first-order valence-corrected chi connectivity index (χ1v) is 18.9. The first-order chi connectivity index (χ1) is 27.0. The Labute approximate surface area is 331 Å². The minimum atomic E-state index is -2.68. The molecule has 1 unspecified atom stereocenters. The maximum absolute atomic E-state index is 14.2. The van der Waals surface area contributed by atoms with Crippen LogP contribution < -0.4 is 0 Å². The Balaban J connectivity index is 1.60. The maximum Gasteiger partial charge on any atom is 0.306 e. The normalized spacial score (nSPS) is 47.2.